The quantitative estimate of drug-likeness (QED) is 0.620. The lowest BCUT2D eigenvalue weighted by molar-refractivity contribution is -0.123. The van der Waals surface area contributed by atoms with Crippen molar-refractivity contribution in [2.75, 3.05) is 0 Å². The lowest BCUT2D eigenvalue weighted by atomic mass is 9.96. The van der Waals surface area contributed by atoms with Crippen molar-refractivity contribution in [3.05, 3.63) is 65.5 Å². The summed E-state index contributed by atoms with van der Waals surface area (Å²) < 4.78 is 2.06. The van der Waals surface area contributed by atoms with Crippen LogP contribution in [0.25, 0.3) is 11.0 Å². The zero-order chi connectivity index (χ0) is 21.2. The molecule has 4 nitrogen and oxygen atoms in total. The van der Waals surface area contributed by atoms with Gasteiger partial charge >= 0.3 is 0 Å². The molecule has 0 aliphatic heterocycles. The van der Waals surface area contributed by atoms with Gasteiger partial charge in [-0.25, -0.2) is 4.98 Å². The molecule has 1 atom stereocenters. The predicted molar refractivity (Wildman–Crippen MR) is 120 cm³/mol. The molecule has 154 valence electrons. The maximum atomic E-state index is 12.7. The number of fused-ring (bicyclic) bond motifs is 1. The van der Waals surface area contributed by atoms with Crippen LogP contribution in [0, 0.1) is 5.92 Å². The van der Waals surface area contributed by atoms with Gasteiger partial charge in [0.1, 0.15) is 12.4 Å². The summed E-state index contributed by atoms with van der Waals surface area (Å²) in [4.78, 5) is 17.6. The minimum Gasteiger partial charge on any atom is -0.350 e. The average molecular weight is 392 g/mol. The lowest BCUT2D eigenvalue weighted by Crippen LogP contribution is -2.42. The second kappa shape index (κ2) is 8.40. The van der Waals surface area contributed by atoms with Gasteiger partial charge in [0.15, 0.2) is 0 Å². The molecule has 0 saturated carbocycles. The highest BCUT2D eigenvalue weighted by atomic mass is 16.2. The number of carbonyl (C=O) groups excluding carboxylic acids is 1. The van der Waals surface area contributed by atoms with E-state index in [4.69, 9.17) is 4.98 Å². The molecule has 1 unspecified atom stereocenters. The summed E-state index contributed by atoms with van der Waals surface area (Å²) in [6.45, 7) is 12.9. The van der Waals surface area contributed by atoms with E-state index in [-0.39, 0.29) is 23.9 Å². The van der Waals surface area contributed by atoms with Crippen molar-refractivity contribution in [1.29, 1.82) is 0 Å². The number of benzene rings is 2. The van der Waals surface area contributed by atoms with Crippen LogP contribution in [0.5, 0.6) is 0 Å². The molecule has 3 rings (SSSR count). The van der Waals surface area contributed by atoms with E-state index in [1.807, 2.05) is 45.0 Å². The van der Waals surface area contributed by atoms with Crippen LogP contribution < -0.4 is 5.32 Å². The Morgan fingerprint density at radius 2 is 1.69 bits per heavy atom. The zero-order valence-electron chi connectivity index (χ0n) is 18.5. The van der Waals surface area contributed by atoms with Crippen molar-refractivity contribution in [2.24, 2.45) is 5.92 Å². The predicted octanol–water partition coefficient (Wildman–Crippen LogP) is 5.30. The molecule has 1 amide bonds. The highest BCUT2D eigenvalue weighted by Gasteiger charge is 2.21. The number of hydrogen-bond donors (Lipinski definition) is 1. The van der Waals surface area contributed by atoms with Gasteiger partial charge in [0.2, 0.25) is 5.91 Å². The number of hydrogen-bond acceptors (Lipinski definition) is 2. The molecule has 0 bridgehead atoms. The van der Waals surface area contributed by atoms with Crippen LogP contribution in [0.15, 0.2) is 48.5 Å². The van der Waals surface area contributed by atoms with Crippen LogP contribution in [0.2, 0.25) is 0 Å². The van der Waals surface area contributed by atoms with Gasteiger partial charge in [-0.1, -0.05) is 57.2 Å². The summed E-state index contributed by atoms with van der Waals surface area (Å²) in [7, 11) is 0. The molecular weight excluding hydrogens is 358 g/mol. The fraction of sp³-hybridized carbons (Fsp3) is 0.440. The Labute approximate surface area is 174 Å². The Hall–Kier alpha value is -2.62. The monoisotopic (exact) mass is 391 g/mol. The van der Waals surface area contributed by atoms with Crippen molar-refractivity contribution in [3.8, 4) is 0 Å². The topological polar surface area (TPSA) is 46.9 Å². The van der Waals surface area contributed by atoms with Crippen molar-refractivity contribution < 1.29 is 4.79 Å². The van der Waals surface area contributed by atoms with Gasteiger partial charge in [-0.3, -0.25) is 4.79 Å². The van der Waals surface area contributed by atoms with Gasteiger partial charge in [-0.05, 0) is 56.4 Å². The first-order valence-electron chi connectivity index (χ1n) is 10.5. The smallest absolute Gasteiger partial charge is 0.240 e. The Balaban J connectivity index is 1.94. The second-order valence-corrected chi connectivity index (χ2v) is 9.40. The van der Waals surface area contributed by atoms with E-state index in [1.165, 1.54) is 11.1 Å². The van der Waals surface area contributed by atoms with Gasteiger partial charge in [-0.2, -0.15) is 0 Å². The molecule has 1 aromatic heterocycles. The van der Waals surface area contributed by atoms with Crippen molar-refractivity contribution in [2.45, 2.75) is 66.0 Å². The van der Waals surface area contributed by atoms with Crippen LogP contribution in [-0.2, 0) is 17.8 Å². The number of para-hydroxylation sites is 2. The van der Waals surface area contributed by atoms with E-state index in [0.717, 1.165) is 23.3 Å². The highest BCUT2D eigenvalue weighted by molar-refractivity contribution is 5.81. The summed E-state index contributed by atoms with van der Waals surface area (Å²) in [5.41, 5.74) is 4.23. The fourth-order valence-electron chi connectivity index (χ4n) is 3.76. The zero-order valence-corrected chi connectivity index (χ0v) is 18.5. The molecular formula is C25H33N3O. The first kappa shape index (κ1) is 21.1. The third-order valence-corrected chi connectivity index (χ3v) is 5.01. The molecule has 0 aliphatic carbocycles. The number of imidazole rings is 1. The van der Waals surface area contributed by atoms with Gasteiger partial charge in [-0.15, -0.1) is 0 Å². The minimum atomic E-state index is -0.258. The summed E-state index contributed by atoms with van der Waals surface area (Å²) in [5, 5.41) is 3.07. The molecule has 29 heavy (non-hydrogen) atoms. The number of amides is 1. The highest BCUT2D eigenvalue weighted by Crippen LogP contribution is 2.28. The van der Waals surface area contributed by atoms with Crippen LogP contribution >= 0.6 is 0 Å². The Bertz CT molecular complexity index is 977. The first-order valence-corrected chi connectivity index (χ1v) is 10.5. The third-order valence-electron chi connectivity index (χ3n) is 5.01. The Morgan fingerprint density at radius 3 is 2.31 bits per heavy atom. The molecule has 0 spiro atoms. The van der Waals surface area contributed by atoms with E-state index in [2.05, 4.69) is 54.9 Å². The summed E-state index contributed by atoms with van der Waals surface area (Å²) in [5.74, 6) is 1.66. The van der Waals surface area contributed by atoms with E-state index >= 15 is 0 Å². The maximum Gasteiger partial charge on any atom is 0.240 e. The fourth-order valence-corrected chi connectivity index (χ4v) is 3.76. The number of nitrogens with zero attached hydrogens (tertiary/aromatic N) is 2. The average Bonchev–Trinajstić information content (AvgIpc) is 2.98. The van der Waals surface area contributed by atoms with Crippen molar-refractivity contribution in [1.82, 2.24) is 14.9 Å². The van der Waals surface area contributed by atoms with E-state index in [1.54, 1.807) is 0 Å². The molecule has 0 fully saturated rings. The minimum absolute atomic E-state index is 0.00128. The molecule has 0 aliphatic rings. The second-order valence-electron chi connectivity index (χ2n) is 9.40. The molecule has 3 aromatic rings. The van der Waals surface area contributed by atoms with Gasteiger partial charge in [0, 0.05) is 11.5 Å². The lowest BCUT2D eigenvalue weighted by Gasteiger charge is -2.22. The van der Waals surface area contributed by atoms with Crippen LogP contribution in [0.1, 0.15) is 64.4 Å². The normalized spacial score (nSPS) is 13.1. The maximum absolute atomic E-state index is 12.7. The SMILES string of the molecule is CC(C)Cc1ccc(C(C)c2nc3ccccc3n2CC(=O)NC(C)(C)C)cc1. The molecule has 2 aromatic carbocycles. The number of rotatable bonds is 6. The summed E-state index contributed by atoms with van der Waals surface area (Å²) >= 11 is 0. The van der Waals surface area contributed by atoms with Crippen LogP contribution in [0.3, 0.4) is 0 Å². The Kier molecular flexibility index (Phi) is 6.11. The number of aromatic nitrogens is 2. The van der Waals surface area contributed by atoms with E-state index in [9.17, 15) is 4.79 Å². The molecule has 1 N–H and O–H groups in total. The number of carbonyl (C=O) groups is 1. The standard InChI is InChI=1S/C25H33N3O/c1-17(2)15-19-11-13-20(14-12-19)18(3)24-26-21-9-7-8-10-22(21)28(24)16-23(29)27-25(4,5)6/h7-14,17-18H,15-16H2,1-6H3,(H,27,29). The van der Waals surface area contributed by atoms with E-state index in [0.29, 0.717) is 5.92 Å². The first-order chi connectivity index (χ1) is 13.6. The van der Waals surface area contributed by atoms with Crippen LogP contribution in [-0.4, -0.2) is 21.0 Å². The third kappa shape index (κ3) is 5.26. The van der Waals surface area contributed by atoms with Gasteiger partial charge in [0.05, 0.1) is 11.0 Å². The molecule has 1 heterocycles. The number of nitrogens with one attached hydrogen (secondary N) is 1. The molecule has 4 heteroatoms. The molecule has 0 radical (unpaired) electrons. The van der Waals surface area contributed by atoms with E-state index < -0.39 is 0 Å². The Morgan fingerprint density at radius 1 is 1.03 bits per heavy atom. The van der Waals surface area contributed by atoms with Gasteiger partial charge in [0.25, 0.3) is 0 Å². The van der Waals surface area contributed by atoms with Crippen molar-refractivity contribution in [3.63, 3.8) is 0 Å². The molecule has 0 saturated heterocycles. The van der Waals surface area contributed by atoms with Crippen LogP contribution in [0.4, 0.5) is 0 Å². The summed E-state index contributed by atoms with van der Waals surface area (Å²) in [6.07, 6.45) is 1.08. The summed E-state index contributed by atoms with van der Waals surface area (Å²) in [6, 6.07) is 16.9. The van der Waals surface area contributed by atoms with Crippen molar-refractivity contribution >= 4 is 16.9 Å². The van der Waals surface area contributed by atoms with Gasteiger partial charge < -0.3 is 9.88 Å². The largest absolute Gasteiger partial charge is 0.350 e.